The number of nitrogens with one attached hydrogen (secondary N) is 1. The number of fused-ring (bicyclic) bond motifs is 2. The Morgan fingerprint density at radius 3 is 2.97 bits per heavy atom. The molecule has 0 unspecified atom stereocenters. The predicted octanol–water partition coefficient (Wildman–Crippen LogP) is 2.28. The van der Waals surface area contributed by atoms with Crippen molar-refractivity contribution in [3.8, 4) is 11.3 Å². The van der Waals surface area contributed by atoms with Gasteiger partial charge in [-0.2, -0.15) is 0 Å². The van der Waals surface area contributed by atoms with Crippen LogP contribution in [-0.4, -0.2) is 66.0 Å². The van der Waals surface area contributed by atoms with E-state index in [-0.39, 0.29) is 12.6 Å². The summed E-state index contributed by atoms with van der Waals surface area (Å²) in [4.78, 5) is 13.3. The molecule has 5 heterocycles. The van der Waals surface area contributed by atoms with Crippen LogP contribution in [0.1, 0.15) is 12.2 Å². The highest BCUT2D eigenvalue weighted by Crippen LogP contribution is 2.26. The van der Waals surface area contributed by atoms with E-state index in [0.717, 1.165) is 11.1 Å². The Kier molecular flexibility index (Phi) is 4.98. The van der Waals surface area contributed by atoms with Crippen LogP contribution in [0.4, 0.5) is 14.7 Å². The van der Waals surface area contributed by atoms with E-state index in [1.165, 1.54) is 4.57 Å². The highest BCUT2D eigenvalue weighted by molar-refractivity contribution is 5.82. The molecule has 1 aliphatic rings. The maximum absolute atomic E-state index is 13.0. The molecule has 2 atom stereocenters. The molecule has 31 heavy (non-hydrogen) atoms. The molecule has 0 amide bonds. The van der Waals surface area contributed by atoms with Crippen LogP contribution < -0.4 is 5.32 Å². The molecule has 0 aromatic carbocycles. The number of pyridine rings is 1. The smallest absolute Gasteiger partial charge is 0.256 e. The summed E-state index contributed by atoms with van der Waals surface area (Å²) >= 11 is 0. The summed E-state index contributed by atoms with van der Waals surface area (Å²) in [7, 11) is 0. The van der Waals surface area contributed by atoms with Crippen LogP contribution in [0.15, 0.2) is 30.6 Å². The standard InChI is InChI=1S/C20H21F2N7O2/c1-11-24-15-3-2-13(25-19(15)28(11)9-18(21)22)12-4-6-29-16(12)8-23-20(27-29)26-14-5-7-31-10-17(14)30/h2-4,6,8,14,17-18,30H,5,7,9-10H2,1H3,(H,26,27)/t14-,17-/m1/s1. The fourth-order valence-corrected chi connectivity index (χ4v) is 3.86. The number of aryl methyl sites for hydroxylation is 1. The van der Waals surface area contributed by atoms with E-state index in [2.05, 4.69) is 25.4 Å². The molecule has 0 bridgehead atoms. The third-order valence-corrected chi connectivity index (χ3v) is 5.44. The molecule has 0 aliphatic carbocycles. The van der Waals surface area contributed by atoms with Crippen molar-refractivity contribution < 1.29 is 18.6 Å². The molecule has 162 valence electrons. The maximum atomic E-state index is 13.0. The number of imidazole rings is 1. The van der Waals surface area contributed by atoms with Crippen molar-refractivity contribution in [3.63, 3.8) is 0 Å². The number of nitrogens with zero attached hydrogens (tertiary/aromatic N) is 6. The number of aliphatic hydroxyl groups is 1. The van der Waals surface area contributed by atoms with Crippen molar-refractivity contribution in [3.05, 3.63) is 36.4 Å². The Bertz CT molecular complexity index is 1240. The first kappa shape index (κ1) is 19.8. The van der Waals surface area contributed by atoms with Crippen LogP contribution in [0.25, 0.3) is 27.9 Å². The molecule has 0 radical (unpaired) electrons. The van der Waals surface area contributed by atoms with Gasteiger partial charge in [-0.1, -0.05) is 0 Å². The lowest BCUT2D eigenvalue weighted by Crippen LogP contribution is -2.42. The number of anilines is 1. The number of alkyl halides is 2. The van der Waals surface area contributed by atoms with E-state index < -0.39 is 19.1 Å². The van der Waals surface area contributed by atoms with Gasteiger partial charge in [0, 0.05) is 18.4 Å². The van der Waals surface area contributed by atoms with Crippen molar-refractivity contribution in [1.82, 2.24) is 29.1 Å². The zero-order valence-electron chi connectivity index (χ0n) is 16.7. The molecule has 1 saturated heterocycles. The predicted molar refractivity (Wildman–Crippen MR) is 109 cm³/mol. The summed E-state index contributed by atoms with van der Waals surface area (Å²) in [5.41, 5.74) is 3.11. The molecule has 4 aromatic heterocycles. The number of aliphatic hydroxyl groups excluding tert-OH is 1. The molecule has 0 spiro atoms. The summed E-state index contributed by atoms with van der Waals surface area (Å²) in [5.74, 6) is 0.894. The van der Waals surface area contributed by atoms with E-state index in [1.54, 1.807) is 36.0 Å². The summed E-state index contributed by atoms with van der Waals surface area (Å²) in [6, 6.07) is 5.26. The number of ether oxygens (including phenoxy) is 1. The molecule has 1 aliphatic heterocycles. The van der Waals surface area contributed by atoms with E-state index >= 15 is 0 Å². The van der Waals surface area contributed by atoms with Crippen molar-refractivity contribution in [2.45, 2.75) is 38.5 Å². The Morgan fingerprint density at radius 2 is 2.16 bits per heavy atom. The molecular weight excluding hydrogens is 408 g/mol. The number of hydrogen-bond donors (Lipinski definition) is 2. The van der Waals surface area contributed by atoms with E-state index in [0.29, 0.717) is 41.7 Å². The Hall–Kier alpha value is -3.18. The highest BCUT2D eigenvalue weighted by Gasteiger charge is 2.24. The second kappa shape index (κ2) is 7.82. The zero-order valence-corrected chi connectivity index (χ0v) is 16.7. The number of halogens is 2. The van der Waals surface area contributed by atoms with Gasteiger partial charge in [-0.25, -0.2) is 28.2 Å². The van der Waals surface area contributed by atoms with Crippen molar-refractivity contribution in [2.75, 3.05) is 18.5 Å². The third-order valence-electron chi connectivity index (χ3n) is 5.44. The molecule has 4 aromatic rings. The van der Waals surface area contributed by atoms with Gasteiger partial charge >= 0.3 is 0 Å². The van der Waals surface area contributed by atoms with Crippen LogP contribution in [0, 0.1) is 6.92 Å². The number of hydrogen-bond acceptors (Lipinski definition) is 7. The molecular formula is C20H21F2N7O2. The van der Waals surface area contributed by atoms with Gasteiger partial charge in [0.2, 0.25) is 5.95 Å². The summed E-state index contributed by atoms with van der Waals surface area (Å²) in [6.45, 7) is 2.09. The maximum Gasteiger partial charge on any atom is 0.256 e. The molecule has 1 fully saturated rings. The largest absolute Gasteiger partial charge is 0.389 e. The molecule has 9 nitrogen and oxygen atoms in total. The van der Waals surface area contributed by atoms with Gasteiger partial charge in [0.25, 0.3) is 6.43 Å². The fraction of sp³-hybridized carbons (Fsp3) is 0.400. The highest BCUT2D eigenvalue weighted by atomic mass is 19.3. The van der Waals surface area contributed by atoms with Gasteiger partial charge in [-0.15, -0.1) is 5.10 Å². The molecule has 0 saturated carbocycles. The minimum atomic E-state index is -2.49. The molecule has 2 N–H and O–H groups in total. The Labute approximate surface area is 175 Å². The lowest BCUT2D eigenvalue weighted by molar-refractivity contribution is -0.0136. The van der Waals surface area contributed by atoms with E-state index in [9.17, 15) is 13.9 Å². The quantitative estimate of drug-likeness (QED) is 0.502. The lowest BCUT2D eigenvalue weighted by Gasteiger charge is -2.28. The van der Waals surface area contributed by atoms with Crippen LogP contribution >= 0.6 is 0 Å². The number of aromatic nitrogens is 6. The summed E-state index contributed by atoms with van der Waals surface area (Å²) in [6.07, 6.45) is 1.00. The van der Waals surface area contributed by atoms with E-state index in [1.807, 2.05) is 6.07 Å². The van der Waals surface area contributed by atoms with Gasteiger partial charge in [0.05, 0.1) is 42.7 Å². The topological polar surface area (TPSA) is 102 Å². The Balaban J connectivity index is 1.48. The number of rotatable bonds is 5. The van der Waals surface area contributed by atoms with Crippen LogP contribution in [0.3, 0.4) is 0 Å². The van der Waals surface area contributed by atoms with Crippen molar-refractivity contribution in [1.29, 1.82) is 0 Å². The van der Waals surface area contributed by atoms with Gasteiger partial charge in [0.1, 0.15) is 11.3 Å². The van der Waals surface area contributed by atoms with Gasteiger partial charge in [0.15, 0.2) is 5.65 Å². The lowest BCUT2D eigenvalue weighted by atomic mass is 10.1. The molecule has 11 heteroatoms. The van der Waals surface area contributed by atoms with Gasteiger partial charge < -0.3 is 19.7 Å². The average molecular weight is 429 g/mol. The summed E-state index contributed by atoms with van der Waals surface area (Å²) < 4.78 is 34.3. The van der Waals surface area contributed by atoms with Gasteiger partial charge in [-0.05, 0) is 31.5 Å². The van der Waals surface area contributed by atoms with Crippen LogP contribution in [0.5, 0.6) is 0 Å². The monoisotopic (exact) mass is 429 g/mol. The first-order valence-electron chi connectivity index (χ1n) is 9.99. The van der Waals surface area contributed by atoms with Gasteiger partial charge in [-0.3, -0.25) is 0 Å². The molecule has 5 rings (SSSR count). The third kappa shape index (κ3) is 3.70. The van der Waals surface area contributed by atoms with Crippen LogP contribution in [-0.2, 0) is 11.3 Å². The Morgan fingerprint density at radius 1 is 1.29 bits per heavy atom. The van der Waals surface area contributed by atoms with Crippen LogP contribution in [0.2, 0.25) is 0 Å². The van der Waals surface area contributed by atoms with Crippen molar-refractivity contribution in [2.24, 2.45) is 0 Å². The normalized spacial score (nSPS) is 19.5. The first-order chi connectivity index (χ1) is 15.0. The first-order valence-corrected chi connectivity index (χ1v) is 9.99. The minimum absolute atomic E-state index is 0.177. The van der Waals surface area contributed by atoms with Crippen molar-refractivity contribution >= 4 is 22.6 Å². The SMILES string of the molecule is Cc1nc2ccc(-c3ccn4nc(N[C@@H]5CCOC[C@H]5O)ncc34)nc2n1CC(F)F. The summed E-state index contributed by atoms with van der Waals surface area (Å²) in [5, 5.41) is 17.7. The zero-order chi connectivity index (χ0) is 21.5. The average Bonchev–Trinajstić information content (AvgIpc) is 3.30. The fourth-order valence-electron chi connectivity index (χ4n) is 3.86. The minimum Gasteiger partial charge on any atom is -0.389 e. The van der Waals surface area contributed by atoms with E-state index in [4.69, 9.17) is 4.74 Å². The second-order valence-electron chi connectivity index (χ2n) is 7.52. The second-order valence-corrected chi connectivity index (χ2v) is 7.52.